The molecule has 110 valence electrons. The van der Waals surface area contributed by atoms with Crippen LogP contribution < -0.4 is 4.72 Å². The summed E-state index contributed by atoms with van der Waals surface area (Å²) in [6.07, 6.45) is 2.80. The van der Waals surface area contributed by atoms with Crippen molar-refractivity contribution in [1.82, 2.24) is 19.3 Å². The predicted molar refractivity (Wildman–Crippen MR) is 82.3 cm³/mol. The van der Waals surface area contributed by atoms with E-state index in [1.54, 1.807) is 6.20 Å². The molecule has 0 saturated carbocycles. The van der Waals surface area contributed by atoms with E-state index in [0.29, 0.717) is 18.0 Å². The van der Waals surface area contributed by atoms with E-state index in [1.807, 2.05) is 17.6 Å². The largest absolute Gasteiger partial charge is 0.310 e. The highest BCUT2D eigenvalue weighted by molar-refractivity contribution is 9.10. The zero-order valence-corrected chi connectivity index (χ0v) is 14.1. The van der Waals surface area contributed by atoms with Crippen LogP contribution in [0.1, 0.15) is 18.1 Å². The van der Waals surface area contributed by atoms with Crippen molar-refractivity contribution < 1.29 is 8.42 Å². The van der Waals surface area contributed by atoms with Crippen LogP contribution in [0.3, 0.4) is 0 Å². The fraction of sp³-hybridized carbons (Fsp3) is 0.455. The summed E-state index contributed by atoms with van der Waals surface area (Å²) in [5.41, 5.74) is 1.41. The lowest BCUT2D eigenvalue weighted by molar-refractivity contribution is 0.576. The Kier molecular flexibility index (Phi) is 4.68. The minimum Gasteiger partial charge on any atom is -0.310 e. The highest BCUT2D eigenvalue weighted by Gasteiger charge is 2.16. The van der Waals surface area contributed by atoms with Crippen molar-refractivity contribution in [3.63, 3.8) is 0 Å². The molecule has 1 unspecified atom stereocenters. The Morgan fingerprint density at radius 3 is 2.85 bits per heavy atom. The van der Waals surface area contributed by atoms with Gasteiger partial charge in [0.15, 0.2) is 5.65 Å². The normalized spacial score (nSPS) is 13.8. The fourth-order valence-electron chi connectivity index (χ4n) is 1.87. The van der Waals surface area contributed by atoms with E-state index in [4.69, 9.17) is 11.6 Å². The number of aromatic nitrogens is 3. The smallest absolute Gasteiger partial charge is 0.208 e. The van der Waals surface area contributed by atoms with Crippen LogP contribution in [0.5, 0.6) is 0 Å². The zero-order valence-electron chi connectivity index (χ0n) is 11.0. The summed E-state index contributed by atoms with van der Waals surface area (Å²) in [6.45, 7) is 2.50. The summed E-state index contributed by atoms with van der Waals surface area (Å²) in [7, 11) is -3.22. The summed E-state index contributed by atoms with van der Waals surface area (Å²) in [5, 5.41) is -0.291. The van der Waals surface area contributed by atoms with E-state index in [9.17, 15) is 8.42 Å². The first kappa shape index (κ1) is 15.7. The third-order valence-corrected chi connectivity index (χ3v) is 3.99. The van der Waals surface area contributed by atoms with Crippen molar-refractivity contribution in [3.8, 4) is 0 Å². The van der Waals surface area contributed by atoms with Crippen molar-refractivity contribution in [2.24, 2.45) is 0 Å². The first-order valence-corrected chi connectivity index (χ1v) is 9.00. The minimum atomic E-state index is -3.22. The van der Waals surface area contributed by atoms with Crippen LogP contribution in [0.25, 0.3) is 11.2 Å². The molecule has 0 fully saturated rings. The van der Waals surface area contributed by atoms with Gasteiger partial charge in [-0.1, -0.05) is 0 Å². The van der Waals surface area contributed by atoms with Crippen LogP contribution in [-0.4, -0.2) is 35.8 Å². The van der Waals surface area contributed by atoms with Gasteiger partial charge in [0.05, 0.1) is 11.6 Å². The van der Waals surface area contributed by atoms with Crippen LogP contribution in [0.15, 0.2) is 16.7 Å². The van der Waals surface area contributed by atoms with E-state index in [0.717, 1.165) is 16.2 Å². The molecule has 0 aliphatic rings. The van der Waals surface area contributed by atoms with E-state index in [2.05, 4.69) is 30.6 Å². The summed E-state index contributed by atoms with van der Waals surface area (Å²) in [5.74, 6) is 0.669. The number of nitrogens with zero attached hydrogens (tertiary/aromatic N) is 3. The second-order valence-electron chi connectivity index (χ2n) is 4.40. The Balaban J connectivity index is 2.36. The summed E-state index contributed by atoms with van der Waals surface area (Å²) >= 11 is 9.47. The number of imidazole rings is 1. The maximum atomic E-state index is 11.1. The number of rotatable bonds is 5. The summed E-state index contributed by atoms with van der Waals surface area (Å²) in [4.78, 5) is 8.77. The van der Waals surface area contributed by atoms with Gasteiger partial charge < -0.3 is 4.57 Å². The lowest BCUT2D eigenvalue weighted by atomic mass is 10.4. The van der Waals surface area contributed by atoms with Gasteiger partial charge in [0.2, 0.25) is 10.0 Å². The number of alkyl halides is 1. The Morgan fingerprint density at radius 2 is 2.25 bits per heavy atom. The van der Waals surface area contributed by atoms with Gasteiger partial charge >= 0.3 is 0 Å². The standard InChI is InChI=1S/C11H14BrClN4O2S/c1-7(13)10-16-9-5-8(12)6-14-11(9)17(10)4-3-15-20(2,18)19/h5-7,15H,3-4H2,1-2H3. The molecular formula is C11H14BrClN4O2S. The number of hydrogen-bond acceptors (Lipinski definition) is 4. The molecule has 2 heterocycles. The Labute approximate surface area is 130 Å². The lowest BCUT2D eigenvalue weighted by Crippen LogP contribution is -2.26. The van der Waals surface area contributed by atoms with E-state index < -0.39 is 10.0 Å². The Bertz CT molecular complexity index is 729. The van der Waals surface area contributed by atoms with Crippen LogP contribution in [0, 0.1) is 0 Å². The SMILES string of the molecule is CC(Cl)c1nc2cc(Br)cnc2n1CCNS(C)(=O)=O. The molecule has 0 aliphatic heterocycles. The molecule has 2 rings (SSSR count). The highest BCUT2D eigenvalue weighted by Crippen LogP contribution is 2.24. The fourth-order valence-corrected chi connectivity index (χ4v) is 2.82. The van der Waals surface area contributed by atoms with Gasteiger partial charge in [-0.2, -0.15) is 0 Å². The first-order valence-electron chi connectivity index (χ1n) is 5.88. The van der Waals surface area contributed by atoms with Gasteiger partial charge in [0.25, 0.3) is 0 Å². The molecule has 6 nitrogen and oxygen atoms in total. The van der Waals surface area contributed by atoms with Gasteiger partial charge in [0, 0.05) is 23.8 Å². The second-order valence-corrected chi connectivity index (χ2v) is 7.80. The molecule has 0 amide bonds. The Morgan fingerprint density at radius 1 is 1.55 bits per heavy atom. The van der Waals surface area contributed by atoms with Crippen molar-refractivity contribution in [3.05, 3.63) is 22.6 Å². The van der Waals surface area contributed by atoms with Gasteiger partial charge in [-0.25, -0.2) is 23.1 Å². The van der Waals surface area contributed by atoms with Crippen molar-refractivity contribution in [1.29, 1.82) is 0 Å². The van der Waals surface area contributed by atoms with Crippen LogP contribution >= 0.6 is 27.5 Å². The maximum Gasteiger partial charge on any atom is 0.208 e. The molecule has 0 spiro atoms. The van der Waals surface area contributed by atoms with Crippen LogP contribution in [0.4, 0.5) is 0 Å². The Hall–Kier alpha value is -0.700. The highest BCUT2D eigenvalue weighted by atomic mass is 79.9. The molecule has 20 heavy (non-hydrogen) atoms. The second kappa shape index (κ2) is 5.97. The molecule has 0 aromatic carbocycles. The summed E-state index contributed by atoms with van der Waals surface area (Å²) < 4.78 is 27.3. The van der Waals surface area contributed by atoms with Gasteiger partial charge in [0.1, 0.15) is 11.3 Å². The third-order valence-electron chi connectivity index (χ3n) is 2.64. The molecule has 9 heteroatoms. The molecule has 1 atom stereocenters. The number of nitrogens with one attached hydrogen (secondary N) is 1. The number of sulfonamides is 1. The van der Waals surface area contributed by atoms with Crippen molar-refractivity contribution in [2.75, 3.05) is 12.8 Å². The predicted octanol–water partition coefficient (Wildman–Crippen LogP) is 2.04. The van der Waals surface area contributed by atoms with Crippen molar-refractivity contribution >= 4 is 48.7 Å². The maximum absolute atomic E-state index is 11.1. The van der Waals surface area contributed by atoms with Crippen LogP contribution in [-0.2, 0) is 16.6 Å². The number of halogens is 2. The molecule has 2 aromatic rings. The molecule has 0 bridgehead atoms. The number of fused-ring (bicyclic) bond motifs is 1. The molecule has 1 N–H and O–H groups in total. The average molecular weight is 382 g/mol. The van der Waals surface area contributed by atoms with Gasteiger partial charge in [-0.3, -0.25) is 0 Å². The topological polar surface area (TPSA) is 76.9 Å². The first-order chi connectivity index (χ1) is 9.28. The molecule has 0 aliphatic carbocycles. The third kappa shape index (κ3) is 3.69. The zero-order chi connectivity index (χ0) is 14.9. The van der Waals surface area contributed by atoms with E-state index in [1.165, 1.54) is 0 Å². The number of hydrogen-bond donors (Lipinski definition) is 1. The van der Waals surface area contributed by atoms with E-state index in [-0.39, 0.29) is 11.9 Å². The van der Waals surface area contributed by atoms with Gasteiger partial charge in [-0.15, -0.1) is 11.6 Å². The average Bonchev–Trinajstić information content (AvgIpc) is 2.66. The van der Waals surface area contributed by atoms with Crippen molar-refractivity contribution in [2.45, 2.75) is 18.8 Å². The molecular weight excluding hydrogens is 368 g/mol. The molecule has 2 aromatic heterocycles. The number of pyridine rings is 1. The summed E-state index contributed by atoms with van der Waals surface area (Å²) in [6, 6.07) is 1.85. The minimum absolute atomic E-state index is 0.263. The lowest BCUT2D eigenvalue weighted by Gasteiger charge is -2.10. The van der Waals surface area contributed by atoms with Gasteiger partial charge in [-0.05, 0) is 28.9 Å². The van der Waals surface area contributed by atoms with E-state index >= 15 is 0 Å². The monoisotopic (exact) mass is 380 g/mol. The molecule has 0 radical (unpaired) electrons. The quantitative estimate of drug-likeness (QED) is 0.804. The van der Waals surface area contributed by atoms with Crippen LogP contribution in [0.2, 0.25) is 0 Å². The molecule has 0 saturated heterocycles.